The molecule has 0 aromatic heterocycles. The fourth-order valence-electron chi connectivity index (χ4n) is 2.49. The second kappa shape index (κ2) is 6.96. The third-order valence-corrected chi connectivity index (χ3v) is 3.71. The van der Waals surface area contributed by atoms with Crippen molar-refractivity contribution in [2.24, 2.45) is 0 Å². The van der Waals surface area contributed by atoms with Gasteiger partial charge in [-0.15, -0.1) is 0 Å². The number of benzene rings is 3. The van der Waals surface area contributed by atoms with Crippen molar-refractivity contribution in [3.8, 4) is 11.5 Å². The summed E-state index contributed by atoms with van der Waals surface area (Å²) < 4.78 is 10.8. The minimum Gasteiger partial charge on any atom is -0.482 e. The quantitative estimate of drug-likeness (QED) is 0.406. The first-order chi connectivity index (χ1) is 11.7. The predicted molar refractivity (Wildman–Crippen MR) is 91.6 cm³/mol. The van der Waals surface area contributed by atoms with Crippen LogP contribution >= 0.6 is 0 Å². The van der Waals surface area contributed by atoms with Crippen LogP contribution in [0.2, 0.25) is 0 Å². The number of carbonyl (C=O) groups is 2. The Kier molecular flexibility index (Phi) is 4.57. The van der Waals surface area contributed by atoms with Crippen molar-refractivity contribution in [2.45, 2.75) is 6.92 Å². The fourth-order valence-corrected chi connectivity index (χ4v) is 2.49. The van der Waals surface area contributed by atoms with Gasteiger partial charge in [-0.3, -0.25) is 4.79 Å². The van der Waals surface area contributed by atoms with Gasteiger partial charge >= 0.3 is 5.97 Å². The number of esters is 1. The van der Waals surface area contributed by atoms with Crippen LogP contribution in [0.4, 0.5) is 0 Å². The predicted octanol–water partition coefficient (Wildman–Crippen LogP) is 3.95. The van der Waals surface area contributed by atoms with Gasteiger partial charge in [0.05, 0.1) is 5.56 Å². The summed E-state index contributed by atoms with van der Waals surface area (Å²) in [5, 5.41) is 1.66. The largest absolute Gasteiger partial charge is 0.482 e. The van der Waals surface area contributed by atoms with Gasteiger partial charge in [0, 0.05) is 0 Å². The van der Waals surface area contributed by atoms with Crippen LogP contribution < -0.4 is 9.47 Å². The van der Waals surface area contributed by atoms with Crippen LogP contribution in [0, 0.1) is 6.92 Å². The van der Waals surface area contributed by atoms with Gasteiger partial charge in [0.1, 0.15) is 11.5 Å². The van der Waals surface area contributed by atoms with Crippen molar-refractivity contribution >= 4 is 23.0 Å². The van der Waals surface area contributed by atoms with Crippen molar-refractivity contribution in [3.05, 3.63) is 71.8 Å². The van der Waals surface area contributed by atoms with Gasteiger partial charge < -0.3 is 9.47 Å². The lowest BCUT2D eigenvalue weighted by molar-refractivity contribution is -0.136. The van der Waals surface area contributed by atoms with E-state index in [1.54, 1.807) is 12.1 Å². The standard InChI is InChI=1S/C20H16O4/c1-14-6-2-5-9-18(14)23-13-20(22)24-19-11-10-15-7-3-4-8-16(15)17(19)12-21/h2-12H,13H2,1H3. The van der Waals surface area contributed by atoms with E-state index >= 15 is 0 Å². The first-order valence-electron chi connectivity index (χ1n) is 7.55. The van der Waals surface area contributed by atoms with Gasteiger partial charge in [0.15, 0.2) is 12.9 Å². The van der Waals surface area contributed by atoms with Crippen LogP contribution in [0.25, 0.3) is 10.8 Å². The molecule has 0 aliphatic rings. The Hall–Kier alpha value is -3.14. The molecule has 0 unspecified atom stereocenters. The van der Waals surface area contributed by atoms with Gasteiger partial charge in [-0.05, 0) is 35.4 Å². The first-order valence-corrected chi connectivity index (χ1v) is 7.55. The molecule has 0 atom stereocenters. The summed E-state index contributed by atoms with van der Waals surface area (Å²) in [4.78, 5) is 23.5. The van der Waals surface area contributed by atoms with E-state index < -0.39 is 5.97 Å². The molecular weight excluding hydrogens is 304 g/mol. The molecule has 0 N–H and O–H groups in total. The van der Waals surface area contributed by atoms with E-state index in [4.69, 9.17) is 9.47 Å². The SMILES string of the molecule is Cc1ccccc1OCC(=O)Oc1ccc2ccccc2c1C=O. The zero-order valence-electron chi connectivity index (χ0n) is 13.2. The normalized spacial score (nSPS) is 10.4. The summed E-state index contributed by atoms with van der Waals surface area (Å²) in [7, 11) is 0. The Bertz CT molecular complexity index is 899. The highest BCUT2D eigenvalue weighted by Gasteiger charge is 2.13. The van der Waals surface area contributed by atoms with Gasteiger partial charge in [-0.25, -0.2) is 4.79 Å². The second-order valence-electron chi connectivity index (χ2n) is 5.34. The summed E-state index contributed by atoms with van der Waals surface area (Å²) in [6, 6.07) is 18.3. The molecule has 4 heteroatoms. The number of fused-ring (bicyclic) bond motifs is 1. The monoisotopic (exact) mass is 320 g/mol. The average Bonchev–Trinajstić information content (AvgIpc) is 2.61. The molecule has 0 saturated carbocycles. The van der Waals surface area contributed by atoms with Crippen LogP contribution in [-0.4, -0.2) is 18.9 Å². The van der Waals surface area contributed by atoms with Gasteiger partial charge in [-0.2, -0.15) is 0 Å². The molecule has 0 spiro atoms. The first kappa shape index (κ1) is 15.7. The highest BCUT2D eigenvalue weighted by atomic mass is 16.6. The zero-order chi connectivity index (χ0) is 16.9. The topological polar surface area (TPSA) is 52.6 Å². The maximum absolute atomic E-state index is 12.0. The number of rotatable bonds is 5. The van der Waals surface area contributed by atoms with Gasteiger partial charge in [0.25, 0.3) is 0 Å². The number of para-hydroxylation sites is 1. The van der Waals surface area contributed by atoms with Crippen LogP contribution in [0.5, 0.6) is 11.5 Å². The van der Waals surface area contributed by atoms with E-state index in [-0.39, 0.29) is 12.4 Å². The molecule has 0 fully saturated rings. The lowest BCUT2D eigenvalue weighted by Gasteiger charge is -2.11. The number of ether oxygens (including phenoxy) is 2. The molecule has 4 nitrogen and oxygen atoms in total. The maximum atomic E-state index is 12.0. The summed E-state index contributed by atoms with van der Waals surface area (Å²) in [6.45, 7) is 1.67. The summed E-state index contributed by atoms with van der Waals surface area (Å²) in [5.74, 6) is 0.308. The van der Waals surface area contributed by atoms with Crippen molar-refractivity contribution in [2.75, 3.05) is 6.61 Å². The molecule has 120 valence electrons. The van der Waals surface area contributed by atoms with E-state index in [1.165, 1.54) is 0 Å². The van der Waals surface area contributed by atoms with Crippen LogP contribution in [-0.2, 0) is 4.79 Å². The van der Waals surface area contributed by atoms with Crippen molar-refractivity contribution in [3.63, 3.8) is 0 Å². The van der Waals surface area contributed by atoms with E-state index in [0.29, 0.717) is 17.6 Å². The maximum Gasteiger partial charge on any atom is 0.349 e. The highest BCUT2D eigenvalue weighted by molar-refractivity contribution is 6.01. The van der Waals surface area contributed by atoms with Crippen molar-refractivity contribution in [1.82, 2.24) is 0 Å². The molecule has 3 aromatic rings. The summed E-state index contributed by atoms with van der Waals surface area (Å²) >= 11 is 0. The van der Waals surface area contributed by atoms with Crippen LogP contribution in [0.15, 0.2) is 60.7 Å². The average molecular weight is 320 g/mol. The summed E-state index contributed by atoms with van der Waals surface area (Å²) in [6.07, 6.45) is 0.702. The third kappa shape index (κ3) is 3.27. The molecule has 0 heterocycles. The van der Waals surface area contributed by atoms with Crippen molar-refractivity contribution < 1.29 is 19.1 Å². The smallest absolute Gasteiger partial charge is 0.349 e. The molecule has 0 bridgehead atoms. The molecule has 3 rings (SSSR count). The molecule has 0 saturated heterocycles. The lowest BCUT2D eigenvalue weighted by Crippen LogP contribution is -2.18. The van der Waals surface area contributed by atoms with Crippen LogP contribution in [0.3, 0.4) is 0 Å². The Morgan fingerprint density at radius 2 is 1.71 bits per heavy atom. The minimum absolute atomic E-state index is 0.226. The number of hydrogen-bond acceptors (Lipinski definition) is 4. The Balaban J connectivity index is 1.76. The number of aryl methyl sites for hydroxylation is 1. The molecule has 0 aliphatic heterocycles. The lowest BCUT2D eigenvalue weighted by atomic mass is 10.0. The summed E-state index contributed by atoms with van der Waals surface area (Å²) in [5.41, 5.74) is 1.29. The molecular formula is C20H16O4. The molecule has 0 aliphatic carbocycles. The van der Waals surface area contributed by atoms with E-state index in [2.05, 4.69) is 0 Å². The number of aldehydes is 1. The molecule has 24 heavy (non-hydrogen) atoms. The third-order valence-electron chi connectivity index (χ3n) is 3.71. The zero-order valence-corrected chi connectivity index (χ0v) is 13.2. The highest BCUT2D eigenvalue weighted by Crippen LogP contribution is 2.26. The Morgan fingerprint density at radius 3 is 2.50 bits per heavy atom. The number of carbonyl (C=O) groups excluding carboxylic acids is 2. The van der Waals surface area contributed by atoms with E-state index in [9.17, 15) is 9.59 Å². The Labute approximate surface area is 139 Å². The van der Waals surface area contributed by atoms with Gasteiger partial charge in [0.2, 0.25) is 0 Å². The van der Waals surface area contributed by atoms with E-state index in [1.807, 2.05) is 55.5 Å². The fraction of sp³-hybridized carbons (Fsp3) is 0.100. The van der Waals surface area contributed by atoms with E-state index in [0.717, 1.165) is 16.3 Å². The molecule has 0 radical (unpaired) electrons. The van der Waals surface area contributed by atoms with Crippen molar-refractivity contribution in [1.29, 1.82) is 0 Å². The number of hydrogen-bond donors (Lipinski definition) is 0. The van der Waals surface area contributed by atoms with Crippen LogP contribution in [0.1, 0.15) is 15.9 Å². The molecule has 0 amide bonds. The Morgan fingerprint density at radius 1 is 0.958 bits per heavy atom. The molecule has 3 aromatic carbocycles. The second-order valence-corrected chi connectivity index (χ2v) is 5.34. The minimum atomic E-state index is -0.559. The van der Waals surface area contributed by atoms with Gasteiger partial charge in [-0.1, -0.05) is 48.5 Å².